The van der Waals surface area contributed by atoms with E-state index in [1.807, 2.05) is 6.07 Å². The number of aromatic nitrogens is 1. The molecule has 5 rings (SSSR count). The van der Waals surface area contributed by atoms with Crippen molar-refractivity contribution in [3.8, 4) is 0 Å². The number of carbonyl (C=O) groups is 1. The first kappa shape index (κ1) is 21.0. The maximum atomic E-state index is 12.5. The average molecular weight is 433 g/mol. The van der Waals surface area contributed by atoms with Gasteiger partial charge in [-0.15, -0.1) is 0 Å². The van der Waals surface area contributed by atoms with Crippen molar-refractivity contribution in [1.29, 1.82) is 0 Å². The van der Waals surface area contributed by atoms with Crippen molar-refractivity contribution in [1.82, 2.24) is 19.7 Å². The Morgan fingerprint density at radius 3 is 2.66 bits per heavy atom. The summed E-state index contributed by atoms with van der Waals surface area (Å²) in [4.78, 5) is 17.4. The smallest absolute Gasteiger partial charge is 0.287 e. The van der Waals surface area contributed by atoms with Gasteiger partial charge in [0.2, 0.25) is 0 Å². The highest BCUT2D eigenvalue weighted by Crippen LogP contribution is 2.33. The third kappa shape index (κ3) is 4.52. The number of nitrogens with zero attached hydrogens (tertiary/aromatic N) is 3. The van der Waals surface area contributed by atoms with Crippen LogP contribution in [0.3, 0.4) is 0 Å². The summed E-state index contributed by atoms with van der Waals surface area (Å²) in [6.07, 6.45) is 4.69. The SMILES string of the molecule is Cc1ccc(C2c3cccn3CCN2Cc2ccc(C(=O)NCCN3CCCC3)o2)cc1. The van der Waals surface area contributed by atoms with Crippen molar-refractivity contribution in [3.63, 3.8) is 0 Å². The normalized spacial score (nSPS) is 19.2. The number of aryl methyl sites for hydroxylation is 1. The summed E-state index contributed by atoms with van der Waals surface area (Å²) in [6.45, 7) is 8.52. The minimum atomic E-state index is -0.127. The number of nitrogens with one attached hydrogen (secondary N) is 1. The van der Waals surface area contributed by atoms with Gasteiger partial charge in [0.25, 0.3) is 5.91 Å². The van der Waals surface area contributed by atoms with Crippen LogP contribution in [0.25, 0.3) is 0 Å². The van der Waals surface area contributed by atoms with Gasteiger partial charge in [0.1, 0.15) is 5.76 Å². The van der Waals surface area contributed by atoms with Crippen molar-refractivity contribution in [2.24, 2.45) is 0 Å². The highest BCUT2D eigenvalue weighted by atomic mass is 16.4. The number of rotatable bonds is 7. The van der Waals surface area contributed by atoms with Crippen LogP contribution in [-0.4, -0.2) is 53.0 Å². The lowest BCUT2D eigenvalue weighted by Gasteiger charge is -2.37. The Hall–Kier alpha value is -2.83. The second-order valence-electron chi connectivity index (χ2n) is 8.98. The molecule has 0 saturated carbocycles. The second-order valence-corrected chi connectivity index (χ2v) is 8.98. The van der Waals surface area contributed by atoms with Crippen LogP contribution in [0.1, 0.15) is 52.0 Å². The van der Waals surface area contributed by atoms with Gasteiger partial charge in [-0.2, -0.15) is 0 Å². The van der Waals surface area contributed by atoms with E-state index in [9.17, 15) is 4.79 Å². The molecule has 2 aliphatic heterocycles. The molecule has 1 fully saturated rings. The van der Waals surface area contributed by atoms with E-state index >= 15 is 0 Å². The van der Waals surface area contributed by atoms with E-state index in [1.54, 1.807) is 6.07 Å². The van der Waals surface area contributed by atoms with Gasteiger partial charge in [0.15, 0.2) is 5.76 Å². The molecular weight excluding hydrogens is 400 g/mol. The minimum absolute atomic E-state index is 0.127. The zero-order valence-corrected chi connectivity index (χ0v) is 18.8. The van der Waals surface area contributed by atoms with E-state index < -0.39 is 0 Å². The van der Waals surface area contributed by atoms with Crippen LogP contribution >= 0.6 is 0 Å². The molecule has 1 unspecified atom stereocenters. The summed E-state index contributed by atoms with van der Waals surface area (Å²) in [7, 11) is 0. The molecule has 1 N–H and O–H groups in total. The monoisotopic (exact) mass is 432 g/mol. The van der Waals surface area contributed by atoms with E-state index in [0.29, 0.717) is 18.8 Å². The van der Waals surface area contributed by atoms with Crippen LogP contribution in [0.4, 0.5) is 0 Å². The fraction of sp³-hybridized carbons (Fsp3) is 0.423. The van der Waals surface area contributed by atoms with E-state index in [0.717, 1.165) is 38.5 Å². The van der Waals surface area contributed by atoms with Crippen LogP contribution in [0.2, 0.25) is 0 Å². The Labute approximate surface area is 189 Å². The van der Waals surface area contributed by atoms with Crippen LogP contribution < -0.4 is 5.32 Å². The Morgan fingerprint density at radius 1 is 1.03 bits per heavy atom. The molecule has 0 spiro atoms. The van der Waals surface area contributed by atoms with Crippen molar-refractivity contribution < 1.29 is 9.21 Å². The zero-order valence-electron chi connectivity index (χ0n) is 18.8. The van der Waals surface area contributed by atoms with E-state index in [4.69, 9.17) is 4.42 Å². The lowest BCUT2D eigenvalue weighted by atomic mass is 9.99. The molecule has 1 atom stereocenters. The Kier molecular flexibility index (Phi) is 6.14. The molecule has 168 valence electrons. The van der Waals surface area contributed by atoms with Gasteiger partial charge in [-0.3, -0.25) is 9.69 Å². The molecule has 4 heterocycles. The maximum Gasteiger partial charge on any atom is 0.287 e. The largest absolute Gasteiger partial charge is 0.455 e. The predicted octanol–water partition coefficient (Wildman–Crippen LogP) is 3.82. The lowest BCUT2D eigenvalue weighted by Crippen LogP contribution is -2.37. The molecular formula is C26H32N4O2. The van der Waals surface area contributed by atoms with Gasteiger partial charge in [0.05, 0.1) is 12.6 Å². The summed E-state index contributed by atoms with van der Waals surface area (Å²) in [6, 6.07) is 17.0. The van der Waals surface area contributed by atoms with Gasteiger partial charge in [0, 0.05) is 38.1 Å². The minimum Gasteiger partial charge on any atom is -0.455 e. The molecule has 1 saturated heterocycles. The molecule has 1 amide bonds. The maximum absolute atomic E-state index is 12.5. The summed E-state index contributed by atoms with van der Waals surface area (Å²) in [5.41, 5.74) is 3.84. The Morgan fingerprint density at radius 2 is 1.84 bits per heavy atom. The van der Waals surface area contributed by atoms with Crippen LogP contribution in [-0.2, 0) is 13.1 Å². The lowest BCUT2D eigenvalue weighted by molar-refractivity contribution is 0.0915. The molecule has 2 aliphatic rings. The Balaban J connectivity index is 1.26. The molecule has 1 aromatic carbocycles. The molecule has 3 aromatic rings. The standard InChI is InChI=1S/C26H32N4O2/c1-20-6-8-21(9-7-20)25-23-5-4-15-29(23)17-18-30(25)19-22-10-11-24(32-22)26(31)27-12-16-28-13-2-3-14-28/h4-11,15,25H,2-3,12-14,16-19H2,1H3,(H,27,31). The van der Waals surface area contributed by atoms with Crippen molar-refractivity contribution in [2.75, 3.05) is 32.7 Å². The van der Waals surface area contributed by atoms with Crippen molar-refractivity contribution in [2.45, 2.75) is 38.9 Å². The summed E-state index contributed by atoms with van der Waals surface area (Å²) in [5.74, 6) is 1.10. The first-order valence-corrected chi connectivity index (χ1v) is 11.7. The number of fused-ring (bicyclic) bond motifs is 1. The summed E-state index contributed by atoms with van der Waals surface area (Å²) < 4.78 is 8.31. The Bertz CT molecular complexity index is 1050. The van der Waals surface area contributed by atoms with Crippen LogP contribution in [0, 0.1) is 6.92 Å². The number of hydrogen-bond donors (Lipinski definition) is 1. The molecule has 0 aliphatic carbocycles. The molecule has 6 nitrogen and oxygen atoms in total. The van der Waals surface area contributed by atoms with E-state index in [-0.39, 0.29) is 11.9 Å². The van der Waals surface area contributed by atoms with Gasteiger partial charge in [-0.05, 0) is 62.7 Å². The van der Waals surface area contributed by atoms with Gasteiger partial charge in [-0.1, -0.05) is 29.8 Å². The quantitative estimate of drug-likeness (QED) is 0.617. The third-order valence-electron chi connectivity index (χ3n) is 6.69. The number of likely N-dealkylation sites (tertiary alicyclic amines) is 1. The van der Waals surface area contributed by atoms with Gasteiger partial charge >= 0.3 is 0 Å². The third-order valence-corrected chi connectivity index (χ3v) is 6.69. The fourth-order valence-electron chi connectivity index (χ4n) is 4.94. The van der Waals surface area contributed by atoms with E-state index in [1.165, 1.54) is 29.7 Å². The summed E-state index contributed by atoms with van der Waals surface area (Å²) in [5, 5.41) is 3.00. The molecule has 32 heavy (non-hydrogen) atoms. The number of carbonyl (C=O) groups excluding carboxylic acids is 1. The predicted molar refractivity (Wildman–Crippen MR) is 125 cm³/mol. The number of hydrogen-bond acceptors (Lipinski definition) is 4. The first-order chi connectivity index (χ1) is 15.7. The summed E-state index contributed by atoms with van der Waals surface area (Å²) >= 11 is 0. The van der Waals surface area contributed by atoms with Crippen LogP contribution in [0.5, 0.6) is 0 Å². The van der Waals surface area contributed by atoms with Crippen molar-refractivity contribution >= 4 is 5.91 Å². The topological polar surface area (TPSA) is 53.7 Å². The molecule has 2 aromatic heterocycles. The number of amides is 1. The van der Waals surface area contributed by atoms with E-state index in [2.05, 4.69) is 69.2 Å². The molecule has 6 heteroatoms. The van der Waals surface area contributed by atoms with Crippen LogP contribution in [0.15, 0.2) is 59.1 Å². The van der Waals surface area contributed by atoms with Crippen molar-refractivity contribution in [3.05, 3.63) is 83.1 Å². The molecule has 0 radical (unpaired) electrons. The highest BCUT2D eigenvalue weighted by Gasteiger charge is 2.29. The fourth-order valence-corrected chi connectivity index (χ4v) is 4.94. The number of benzene rings is 1. The van der Waals surface area contributed by atoms with Gasteiger partial charge in [-0.25, -0.2) is 0 Å². The van der Waals surface area contributed by atoms with Gasteiger partial charge < -0.3 is 19.2 Å². The highest BCUT2D eigenvalue weighted by molar-refractivity contribution is 5.91. The second kappa shape index (κ2) is 9.35. The zero-order chi connectivity index (χ0) is 21.9. The first-order valence-electron chi connectivity index (χ1n) is 11.7. The number of furan rings is 1. The molecule has 0 bridgehead atoms. The average Bonchev–Trinajstić information content (AvgIpc) is 3.56.